The van der Waals surface area contributed by atoms with E-state index >= 15 is 0 Å². The summed E-state index contributed by atoms with van der Waals surface area (Å²) in [6, 6.07) is 5.59. The number of rotatable bonds is 4. The zero-order chi connectivity index (χ0) is 18.8. The molecule has 0 bridgehead atoms. The Bertz CT molecular complexity index is 879. The molecule has 1 aliphatic rings. The van der Waals surface area contributed by atoms with E-state index in [0.29, 0.717) is 24.5 Å². The Balaban J connectivity index is 1.88. The summed E-state index contributed by atoms with van der Waals surface area (Å²) in [5.74, 6) is -1.17. The SMILES string of the molecule is CCC1c2nc(C(=O)NCc3ccc(F)cc3)c(O)c(=O)n2CCN1C. The highest BCUT2D eigenvalue weighted by Crippen LogP contribution is 2.25. The molecule has 138 valence electrons. The lowest BCUT2D eigenvalue weighted by atomic mass is 10.1. The van der Waals surface area contributed by atoms with E-state index in [9.17, 15) is 19.1 Å². The van der Waals surface area contributed by atoms with Crippen LogP contribution in [0.4, 0.5) is 4.39 Å². The number of aromatic hydroxyl groups is 1. The fourth-order valence-corrected chi connectivity index (χ4v) is 3.16. The maximum absolute atomic E-state index is 12.9. The van der Waals surface area contributed by atoms with Crippen molar-refractivity contribution in [3.8, 4) is 5.75 Å². The number of aromatic nitrogens is 2. The van der Waals surface area contributed by atoms with Crippen molar-refractivity contribution in [3.05, 3.63) is 57.5 Å². The average Bonchev–Trinajstić information content (AvgIpc) is 2.63. The summed E-state index contributed by atoms with van der Waals surface area (Å²) < 4.78 is 14.4. The highest BCUT2D eigenvalue weighted by Gasteiger charge is 2.30. The number of halogens is 1. The van der Waals surface area contributed by atoms with E-state index in [0.717, 1.165) is 6.42 Å². The van der Waals surface area contributed by atoms with Gasteiger partial charge in [0.05, 0.1) is 6.04 Å². The maximum atomic E-state index is 12.9. The van der Waals surface area contributed by atoms with E-state index in [2.05, 4.69) is 15.2 Å². The fraction of sp³-hybridized carbons (Fsp3) is 0.389. The summed E-state index contributed by atoms with van der Waals surface area (Å²) in [5, 5.41) is 12.8. The maximum Gasteiger partial charge on any atom is 0.296 e. The minimum atomic E-state index is -0.648. The van der Waals surface area contributed by atoms with Gasteiger partial charge in [-0.2, -0.15) is 0 Å². The van der Waals surface area contributed by atoms with E-state index in [1.807, 2.05) is 14.0 Å². The Hall–Kier alpha value is -2.74. The van der Waals surface area contributed by atoms with Gasteiger partial charge in [0.2, 0.25) is 5.75 Å². The van der Waals surface area contributed by atoms with Crippen molar-refractivity contribution in [3.63, 3.8) is 0 Å². The van der Waals surface area contributed by atoms with Crippen molar-refractivity contribution >= 4 is 5.91 Å². The third-order valence-electron chi connectivity index (χ3n) is 4.65. The molecule has 0 saturated heterocycles. The van der Waals surface area contributed by atoms with Gasteiger partial charge in [0.1, 0.15) is 11.6 Å². The summed E-state index contributed by atoms with van der Waals surface area (Å²) in [6.07, 6.45) is 0.727. The summed E-state index contributed by atoms with van der Waals surface area (Å²) in [6.45, 7) is 3.20. The number of hydrogen-bond acceptors (Lipinski definition) is 5. The molecule has 3 rings (SSSR count). The molecule has 7 nitrogen and oxygen atoms in total. The monoisotopic (exact) mass is 360 g/mol. The van der Waals surface area contributed by atoms with Gasteiger partial charge < -0.3 is 10.4 Å². The Morgan fingerprint density at radius 3 is 2.69 bits per heavy atom. The first-order valence-corrected chi connectivity index (χ1v) is 8.49. The van der Waals surface area contributed by atoms with Crippen molar-refractivity contribution in [2.24, 2.45) is 0 Å². The van der Waals surface area contributed by atoms with Crippen LogP contribution < -0.4 is 10.9 Å². The number of nitrogens with zero attached hydrogens (tertiary/aromatic N) is 3. The Kier molecular flexibility index (Phi) is 5.03. The number of carbonyl (C=O) groups excluding carboxylic acids is 1. The lowest BCUT2D eigenvalue weighted by Crippen LogP contribution is -2.42. The lowest BCUT2D eigenvalue weighted by molar-refractivity contribution is 0.0939. The van der Waals surface area contributed by atoms with Crippen molar-refractivity contribution in [2.45, 2.75) is 32.5 Å². The fourth-order valence-electron chi connectivity index (χ4n) is 3.16. The molecule has 8 heteroatoms. The van der Waals surface area contributed by atoms with Crippen LogP contribution in [0, 0.1) is 5.82 Å². The molecule has 1 aromatic carbocycles. The quantitative estimate of drug-likeness (QED) is 0.861. The minimum Gasteiger partial charge on any atom is -0.501 e. The molecule has 1 unspecified atom stereocenters. The largest absolute Gasteiger partial charge is 0.501 e. The van der Waals surface area contributed by atoms with E-state index in [4.69, 9.17) is 0 Å². The number of carbonyl (C=O) groups is 1. The summed E-state index contributed by atoms with van der Waals surface area (Å²) in [5.41, 5.74) is -0.189. The second-order valence-electron chi connectivity index (χ2n) is 6.34. The second-order valence-corrected chi connectivity index (χ2v) is 6.34. The Morgan fingerprint density at radius 1 is 1.35 bits per heavy atom. The van der Waals surface area contributed by atoms with Gasteiger partial charge in [-0.25, -0.2) is 9.37 Å². The summed E-state index contributed by atoms with van der Waals surface area (Å²) in [7, 11) is 1.94. The number of likely N-dealkylation sites (N-methyl/N-ethyl adjacent to an activating group) is 1. The zero-order valence-electron chi connectivity index (χ0n) is 14.7. The number of hydrogen-bond donors (Lipinski definition) is 2. The first kappa shape index (κ1) is 18.1. The second kappa shape index (κ2) is 7.25. The molecule has 0 fully saturated rings. The van der Waals surface area contributed by atoms with Crippen molar-refractivity contribution < 1.29 is 14.3 Å². The molecule has 26 heavy (non-hydrogen) atoms. The average molecular weight is 360 g/mol. The van der Waals surface area contributed by atoms with Gasteiger partial charge in [-0.3, -0.25) is 19.1 Å². The molecule has 2 heterocycles. The van der Waals surface area contributed by atoms with Crippen LogP contribution in [0.1, 0.15) is 41.3 Å². The van der Waals surface area contributed by atoms with Gasteiger partial charge in [0.15, 0.2) is 5.69 Å². The molecular formula is C18H21FN4O3. The van der Waals surface area contributed by atoms with Crippen LogP contribution in [0.5, 0.6) is 5.75 Å². The molecule has 1 amide bonds. The van der Waals surface area contributed by atoms with E-state index in [1.54, 1.807) is 12.1 Å². The predicted molar refractivity (Wildman–Crippen MR) is 93.4 cm³/mol. The van der Waals surface area contributed by atoms with E-state index < -0.39 is 17.2 Å². The number of amides is 1. The molecule has 1 atom stereocenters. The van der Waals surface area contributed by atoms with Gasteiger partial charge in [0.25, 0.3) is 11.5 Å². The molecule has 0 spiro atoms. The van der Waals surface area contributed by atoms with Crippen molar-refractivity contribution in [2.75, 3.05) is 13.6 Å². The van der Waals surface area contributed by atoms with Crippen LogP contribution >= 0.6 is 0 Å². The van der Waals surface area contributed by atoms with Gasteiger partial charge in [-0.15, -0.1) is 0 Å². The molecule has 2 aromatic rings. The smallest absolute Gasteiger partial charge is 0.296 e. The van der Waals surface area contributed by atoms with Crippen molar-refractivity contribution in [1.82, 2.24) is 19.8 Å². The topological polar surface area (TPSA) is 87.5 Å². The third kappa shape index (κ3) is 3.32. The molecule has 0 radical (unpaired) electrons. The first-order chi connectivity index (χ1) is 12.4. The number of nitrogens with one attached hydrogen (secondary N) is 1. The lowest BCUT2D eigenvalue weighted by Gasteiger charge is -2.33. The molecule has 0 saturated carbocycles. The van der Waals surface area contributed by atoms with Gasteiger partial charge in [-0.05, 0) is 31.2 Å². The normalized spacial score (nSPS) is 17.0. The molecule has 1 aromatic heterocycles. The molecule has 1 aliphatic heterocycles. The summed E-state index contributed by atoms with van der Waals surface area (Å²) >= 11 is 0. The zero-order valence-corrected chi connectivity index (χ0v) is 14.7. The van der Waals surface area contributed by atoms with Gasteiger partial charge in [0, 0.05) is 19.6 Å². The number of benzene rings is 1. The first-order valence-electron chi connectivity index (χ1n) is 8.49. The van der Waals surface area contributed by atoms with Gasteiger partial charge >= 0.3 is 0 Å². The standard InChI is InChI=1S/C18H21FN4O3/c1-3-13-16-21-14(15(24)18(26)23(16)9-8-22(13)2)17(25)20-10-11-4-6-12(19)7-5-11/h4-7,13,24H,3,8-10H2,1-2H3,(H,20,25). The van der Waals surface area contributed by atoms with Crippen molar-refractivity contribution in [1.29, 1.82) is 0 Å². The summed E-state index contributed by atoms with van der Waals surface area (Å²) in [4.78, 5) is 31.3. The van der Waals surface area contributed by atoms with E-state index in [-0.39, 0.29) is 24.1 Å². The van der Waals surface area contributed by atoms with Crippen LogP contribution in [-0.4, -0.2) is 39.1 Å². The number of fused-ring (bicyclic) bond motifs is 1. The van der Waals surface area contributed by atoms with Crippen LogP contribution in [-0.2, 0) is 13.1 Å². The molecule has 2 N–H and O–H groups in total. The van der Waals surface area contributed by atoms with Gasteiger partial charge in [-0.1, -0.05) is 19.1 Å². The van der Waals surface area contributed by atoms with Crippen LogP contribution in [0.25, 0.3) is 0 Å². The Morgan fingerprint density at radius 2 is 2.04 bits per heavy atom. The Labute approximate surface area is 150 Å². The highest BCUT2D eigenvalue weighted by molar-refractivity contribution is 5.94. The van der Waals surface area contributed by atoms with E-state index in [1.165, 1.54) is 16.7 Å². The highest BCUT2D eigenvalue weighted by atomic mass is 19.1. The van der Waals surface area contributed by atoms with Crippen LogP contribution in [0.2, 0.25) is 0 Å². The third-order valence-corrected chi connectivity index (χ3v) is 4.65. The molecule has 0 aliphatic carbocycles. The molecular weight excluding hydrogens is 339 g/mol. The predicted octanol–water partition coefficient (Wildman–Crippen LogP) is 1.41. The minimum absolute atomic E-state index is 0.0966. The van der Waals surface area contributed by atoms with Crippen LogP contribution in [0.15, 0.2) is 29.1 Å². The van der Waals surface area contributed by atoms with Crippen LogP contribution in [0.3, 0.4) is 0 Å².